The van der Waals surface area contributed by atoms with Crippen LogP contribution in [0.5, 0.6) is 11.5 Å². The van der Waals surface area contributed by atoms with Crippen molar-refractivity contribution in [1.29, 1.82) is 0 Å². The number of hydrogen-bond acceptors (Lipinski definition) is 5. The molecule has 1 heterocycles. The fraction of sp³-hybridized carbons (Fsp3) is 0.316. The third kappa shape index (κ3) is 3.92. The molecule has 0 fully saturated rings. The van der Waals surface area contributed by atoms with Crippen LogP contribution in [0.4, 0.5) is 0 Å². The summed E-state index contributed by atoms with van der Waals surface area (Å²) in [6.45, 7) is 2.67. The van der Waals surface area contributed by atoms with E-state index in [9.17, 15) is 4.79 Å². The lowest BCUT2D eigenvalue weighted by molar-refractivity contribution is 0.319. The lowest BCUT2D eigenvalue weighted by atomic mass is 10.1. The second-order valence-corrected chi connectivity index (χ2v) is 5.77. The molecule has 6 nitrogen and oxygen atoms in total. The molecule has 0 saturated heterocycles. The first-order chi connectivity index (χ1) is 12.2. The van der Waals surface area contributed by atoms with Crippen molar-refractivity contribution in [2.24, 2.45) is 0 Å². The number of benzene rings is 2. The molecule has 0 aliphatic carbocycles. The van der Waals surface area contributed by atoms with Gasteiger partial charge in [-0.05, 0) is 38.4 Å². The molecular formula is C19H23N3O3. The molecular weight excluding hydrogens is 318 g/mol. The molecule has 0 aliphatic rings. The van der Waals surface area contributed by atoms with Gasteiger partial charge in [0, 0.05) is 36.0 Å². The highest BCUT2D eigenvalue weighted by Crippen LogP contribution is 2.22. The minimum Gasteiger partial charge on any atom is -0.492 e. The van der Waals surface area contributed by atoms with Gasteiger partial charge < -0.3 is 25.1 Å². The van der Waals surface area contributed by atoms with E-state index < -0.39 is 0 Å². The molecule has 0 aliphatic heterocycles. The van der Waals surface area contributed by atoms with E-state index >= 15 is 0 Å². The lowest BCUT2D eigenvalue weighted by Crippen LogP contribution is -2.16. The molecule has 132 valence electrons. The number of aromatic amines is 1. The summed E-state index contributed by atoms with van der Waals surface area (Å²) in [6.07, 6.45) is 0. The standard InChI is InChI=1S/C19H23N3O3/c1-20-7-9-24-13-3-5-15-17(11-13)22-18-12-14(25-10-8-21-2)4-6-16(18)19(15)23/h3-6,11-12,20-21H,7-10H2,1-2H3,(H,22,23). The van der Waals surface area contributed by atoms with Crippen molar-refractivity contribution in [2.75, 3.05) is 40.4 Å². The second kappa shape index (κ2) is 8.00. The van der Waals surface area contributed by atoms with E-state index in [1.807, 2.05) is 38.4 Å². The zero-order valence-electron chi connectivity index (χ0n) is 14.5. The number of likely N-dealkylation sites (N-methyl/N-ethyl adjacent to an activating group) is 2. The van der Waals surface area contributed by atoms with Crippen molar-refractivity contribution < 1.29 is 9.47 Å². The van der Waals surface area contributed by atoms with Crippen molar-refractivity contribution in [3.63, 3.8) is 0 Å². The molecule has 0 atom stereocenters. The van der Waals surface area contributed by atoms with Crippen LogP contribution in [0.2, 0.25) is 0 Å². The Kier molecular flexibility index (Phi) is 5.53. The lowest BCUT2D eigenvalue weighted by Gasteiger charge is -2.09. The Morgan fingerprint density at radius 1 is 0.840 bits per heavy atom. The number of aromatic nitrogens is 1. The minimum absolute atomic E-state index is 0.00676. The summed E-state index contributed by atoms with van der Waals surface area (Å²) in [7, 11) is 3.76. The smallest absolute Gasteiger partial charge is 0.197 e. The summed E-state index contributed by atoms with van der Waals surface area (Å²) < 4.78 is 11.4. The third-order valence-electron chi connectivity index (χ3n) is 3.98. The van der Waals surface area contributed by atoms with Crippen molar-refractivity contribution in [1.82, 2.24) is 15.6 Å². The molecule has 0 spiro atoms. The number of H-pyrrole nitrogens is 1. The molecule has 2 aromatic carbocycles. The normalized spacial score (nSPS) is 11.1. The summed E-state index contributed by atoms with van der Waals surface area (Å²) in [4.78, 5) is 16.0. The Morgan fingerprint density at radius 3 is 1.76 bits per heavy atom. The Morgan fingerprint density at radius 2 is 1.32 bits per heavy atom. The van der Waals surface area contributed by atoms with E-state index in [1.165, 1.54) is 0 Å². The second-order valence-electron chi connectivity index (χ2n) is 5.77. The summed E-state index contributed by atoms with van der Waals surface area (Å²) in [5.74, 6) is 1.47. The number of pyridine rings is 1. The first-order valence-corrected chi connectivity index (χ1v) is 8.37. The highest BCUT2D eigenvalue weighted by molar-refractivity contribution is 5.93. The monoisotopic (exact) mass is 341 g/mol. The van der Waals surface area contributed by atoms with Gasteiger partial charge in [0.25, 0.3) is 0 Å². The maximum absolute atomic E-state index is 12.7. The van der Waals surface area contributed by atoms with Crippen LogP contribution in [0.25, 0.3) is 21.8 Å². The highest BCUT2D eigenvalue weighted by Gasteiger charge is 2.08. The van der Waals surface area contributed by atoms with Gasteiger partial charge in [0.15, 0.2) is 5.43 Å². The number of fused-ring (bicyclic) bond motifs is 2. The number of hydrogen-bond donors (Lipinski definition) is 3. The predicted molar refractivity (Wildman–Crippen MR) is 101 cm³/mol. The average Bonchev–Trinajstić information content (AvgIpc) is 2.62. The largest absolute Gasteiger partial charge is 0.492 e. The zero-order chi connectivity index (χ0) is 17.6. The van der Waals surface area contributed by atoms with Crippen LogP contribution in [0, 0.1) is 0 Å². The first kappa shape index (κ1) is 17.3. The molecule has 3 N–H and O–H groups in total. The molecule has 3 aromatic rings. The topological polar surface area (TPSA) is 75.4 Å². The minimum atomic E-state index is 0.00676. The molecule has 0 saturated carbocycles. The summed E-state index contributed by atoms with van der Waals surface area (Å²) in [5.41, 5.74) is 1.52. The van der Waals surface area contributed by atoms with Crippen molar-refractivity contribution in [2.45, 2.75) is 0 Å². The van der Waals surface area contributed by atoms with Crippen LogP contribution in [0.15, 0.2) is 41.2 Å². The highest BCUT2D eigenvalue weighted by atomic mass is 16.5. The van der Waals surface area contributed by atoms with Gasteiger partial charge in [-0.25, -0.2) is 0 Å². The van der Waals surface area contributed by atoms with Crippen LogP contribution in [-0.2, 0) is 0 Å². The molecule has 0 amide bonds. The molecule has 25 heavy (non-hydrogen) atoms. The van der Waals surface area contributed by atoms with Crippen LogP contribution in [-0.4, -0.2) is 45.4 Å². The maximum atomic E-state index is 12.7. The summed E-state index contributed by atoms with van der Waals surface area (Å²) in [5, 5.41) is 7.37. The predicted octanol–water partition coefficient (Wildman–Crippen LogP) is 1.88. The summed E-state index contributed by atoms with van der Waals surface area (Å²) in [6, 6.07) is 11.0. The van der Waals surface area contributed by atoms with E-state index in [-0.39, 0.29) is 5.43 Å². The fourth-order valence-electron chi connectivity index (χ4n) is 2.66. The Labute approximate surface area is 146 Å². The van der Waals surface area contributed by atoms with E-state index in [4.69, 9.17) is 9.47 Å². The van der Waals surface area contributed by atoms with Crippen LogP contribution < -0.4 is 25.5 Å². The Balaban J connectivity index is 1.96. The van der Waals surface area contributed by atoms with Gasteiger partial charge in [-0.3, -0.25) is 4.79 Å². The average molecular weight is 341 g/mol. The van der Waals surface area contributed by atoms with Gasteiger partial charge in [0.1, 0.15) is 24.7 Å². The third-order valence-corrected chi connectivity index (χ3v) is 3.98. The Bertz CT molecular complexity index is 850. The van der Waals surface area contributed by atoms with E-state index in [1.54, 1.807) is 12.1 Å². The molecule has 3 rings (SSSR count). The molecule has 1 aromatic heterocycles. The van der Waals surface area contributed by atoms with Crippen LogP contribution in [0.3, 0.4) is 0 Å². The molecule has 0 bridgehead atoms. The first-order valence-electron chi connectivity index (χ1n) is 8.37. The van der Waals surface area contributed by atoms with Crippen molar-refractivity contribution >= 4 is 21.8 Å². The number of nitrogens with one attached hydrogen (secondary N) is 3. The fourth-order valence-corrected chi connectivity index (χ4v) is 2.66. The van der Waals surface area contributed by atoms with Gasteiger partial charge in [-0.15, -0.1) is 0 Å². The van der Waals surface area contributed by atoms with Gasteiger partial charge in [0.2, 0.25) is 0 Å². The van der Waals surface area contributed by atoms with Crippen LogP contribution in [0.1, 0.15) is 0 Å². The van der Waals surface area contributed by atoms with Gasteiger partial charge in [0.05, 0.1) is 11.0 Å². The number of ether oxygens (including phenoxy) is 2. The van der Waals surface area contributed by atoms with Crippen molar-refractivity contribution in [3.05, 3.63) is 46.6 Å². The number of rotatable bonds is 8. The van der Waals surface area contributed by atoms with Gasteiger partial charge >= 0.3 is 0 Å². The molecule has 0 radical (unpaired) electrons. The SMILES string of the molecule is CNCCOc1ccc2c(=O)c3ccc(OCCNC)cc3[nH]c2c1. The molecule has 6 heteroatoms. The quantitative estimate of drug-likeness (QED) is 0.431. The van der Waals surface area contributed by atoms with Crippen molar-refractivity contribution in [3.8, 4) is 11.5 Å². The summed E-state index contributed by atoms with van der Waals surface area (Å²) >= 11 is 0. The zero-order valence-corrected chi connectivity index (χ0v) is 14.5. The Hall–Kier alpha value is -2.57. The van der Waals surface area contributed by atoms with Gasteiger partial charge in [-0.1, -0.05) is 0 Å². The van der Waals surface area contributed by atoms with E-state index in [0.717, 1.165) is 35.6 Å². The maximum Gasteiger partial charge on any atom is 0.197 e. The van der Waals surface area contributed by atoms with Crippen LogP contribution >= 0.6 is 0 Å². The van der Waals surface area contributed by atoms with E-state index in [0.29, 0.717) is 24.0 Å². The molecule has 0 unspecified atom stereocenters. The van der Waals surface area contributed by atoms with Gasteiger partial charge in [-0.2, -0.15) is 0 Å². The van der Waals surface area contributed by atoms with E-state index in [2.05, 4.69) is 15.6 Å².